The maximum absolute atomic E-state index is 12.5. The minimum absolute atomic E-state index is 0.136. The van der Waals surface area contributed by atoms with Crippen LogP contribution in [0.3, 0.4) is 0 Å². The van der Waals surface area contributed by atoms with Crippen LogP contribution in [0.4, 0.5) is 5.69 Å². The lowest BCUT2D eigenvalue weighted by atomic mass is 10.1. The first kappa shape index (κ1) is 14.6. The first-order valence-electron chi connectivity index (χ1n) is 6.33. The van der Waals surface area contributed by atoms with Gasteiger partial charge in [0.25, 0.3) is 11.6 Å². The number of benzene rings is 1. The number of nitro groups is 1. The Bertz CT molecular complexity index is 628. The van der Waals surface area contributed by atoms with Gasteiger partial charge in [-0.2, -0.15) is 0 Å². The molecule has 110 valence electrons. The summed E-state index contributed by atoms with van der Waals surface area (Å²) in [6.45, 7) is 1.40. The van der Waals surface area contributed by atoms with E-state index >= 15 is 0 Å². The van der Waals surface area contributed by atoms with Crippen LogP contribution in [-0.2, 0) is 9.59 Å². The zero-order chi connectivity index (χ0) is 15.6. The molecule has 8 heteroatoms. The van der Waals surface area contributed by atoms with Crippen LogP contribution in [0.1, 0.15) is 23.7 Å². The smallest absolute Gasteiger partial charge is 0.282 e. The monoisotopic (exact) mass is 291 g/mol. The number of hydrogen-bond donors (Lipinski definition) is 1. The Labute approximate surface area is 119 Å². The fourth-order valence-corrected chi connectivity index (χ4v) is 2.25. The van der Waals surface area contributed by atoms with Crippen molar-refractivity contribution in [3.8, 4) is 0 Å². The number of nitro benzene ring substituents is 1. The van der Waals surface area contributed by atoms with E-state index in [0.29, 0.717) is 6.42 Å². The molecule has 1 saturated heterocycles. The molecule has 21 heavy (non-hydrogen) atoms. The molecule has 0 radical (unpaired) electrons. The molecule has 1 N–H and O–H groups in total. The Kier molecular flexibility index (Phi) is 3.97. The summed E-state index contributed by atoms with van der Waals surface area (Å²) in [5.74, 6) is -1.87. The molecule has 2 rings (SSSR count). The van der Waals surface area contributed by atoms with Gasteiger partial charge in [-0.1, -0.05) is 19.1 Å². The van der Waals surface area contributed by atoms with Gasteiger partial charge in [-0.05, 0) is 12.5 Å². The summed E-state index contributed by atoms with van der Waals surface area (Å²) in [7, 11) is 0. The van der Waals surface area contributed by atoms with Gasteiger partial charge in [0.05, 0.1) is 4.92 Å². The normalized spacial score (nSPS) is 18.3. The summed E-state index contributed by atoms with van der Waals surface area (Å²) < 4.78 is 0. The van der Waals surface area contributed by atoms with Crippen molar-refractivity contribution in [1.29, 1.82) is 0 Å². The summed E-state index contributed by atoms with van der Waals surface area (Å²) in [4.78, 5) is 47.0. The van der Waals surface area contributed by atoms with E-state index < -0.39 is 28.7 Å². The molecule has 0 saturated carbocycles. The number of hydrogen-bond acceptors (Lipinski definition) is 5. The molecule has 1 unspecified atom stereocenters. The van der Waals surface area contributed by atoms with Crippen LogP contribution in [0.5, 0.6) is 0 Å². The second-order valence-corrected chi connectivity index (χ2v) is 4.54. The van der Waals surface area contributed by atoms with Crippen molar-refractivity contribution in [2.75, 3.05) is 6.54 Å². The van der Waals surface area contributed by atoms with Gasteiger partial charge in [-0.25, -0.2) is 0 Å². The van der Waals surface area contributed by atoms with Gasteiger partial charge in [-0.15, -0.1) is 0 Å². The Balaban J connectivity index is 2.40. The third-order valence-electron chi connectivity index (χ3n) is 3.23. The predicted octanol–water partition coefficient (Wildman–Crippen LogP) is 0.472. The fraction of sp³-hybridized carbons (Fsp3) is 0.308. The van der Waals surface area contributed by atoms with Gasteiger partial charge < -0.3 is 4.90 Å². The second-order valence-electron chi connectivity index (χ2n) is 4.54. The van der Waals surface area contributed by atoms with Gasteiger partial charge in [0, 0.05) is 6.07 Å². The Hall–Kier alpha value is -2.77. The highest BCUT2D eigenvalue weighted by atomic mass is 16.6. The highest BCUT2D eigenvalue weighted by Crippen LogP contribution is 2.22. The Morgan fingerprint density at radius 2 is 2.10 bits per heavy atom. The lowest BCUT2D eigenvalue weighted by Crippen LogP contribution is -2.59. The van der Waals surface area contributed by atoms with E-state index in [0.717, 1.165) is 4.90 Å². The van der Waals surface area contributed by atoms with Crippen LogP contribution >= 0.6 is 0 Å². The predicted molar refractivity (Wildman–Crippen MR) is 71.4 cm³/mol. The molecule has 0 spiro atoms. The topological polar surface area (TPSA) is 110 Å². The van der Waals surface area contributed by atoms with Gasteiger partial charge in [0.1, 0.15) is 18.2 Å². The first-order valence-corrected chi connectivity index (χ1v) is 6.33. The number of nitrogens with one attached hydrogen (secondary N) is 1. The van der Waals surface area contributed by atoms with E-state index in [1.165, 1.54) is 24.3 Å². The minimum atomic E-state index is -0.810. The van der Waals surface area contributed by atoms with E-state index in [9.17, 15) is 24.5 Å². The van der Waals surface area contributed by atoms with Crippen LogP contribution < -0.4 is 5.32 Å². The van der Waals surface area contributed by atoms with Crippen LogP contribution in [0.25, 0.3) is 0 Å². The SMILES string of the molecule is CCC1C(=O)NC(=O)CN1C(=O)c1ccccc1[N+](=O)[O-]. The highest BCUT2D eigenvalue weighted by Gasteiger charge is 2.37. The molecule has 1 fully saturated rings. The van der Waals surface area contributed by atoms with Crippen molar-refractivity contribution in [1.82, 2.24) is 10.2 Å². The third kappa shape index (κ3) is 2.73. The summed E-state index contributed by atoms with van der Waals surface area (Å²) in [5, 5.41) is 13.1. The van der Waals surface area contributed by atoms with E-state index in [4.69, 9.17) is 0 Å². The number of rotatable bonds is 3. The molecule has 3 amide bonds. The van der Waals surface area contributed by atoms with Crippen molar-refractivity contribution in [2.24, 2.45) is 0 Å². The molecule has 1 aromatic rings. The van der Waals surface area contributed by atoms with Crippen LogP contribution in [0.2, 0.25) is 0 Å². The minimum Gasteiger partial charge on any atom is -0.317 e. The van der Waals surface area contributed by atoms with Crippen molar-refractivity contribution in [3.63, 3.8) is 0 Å². The summed E-state index contributed by atoms with van der Waals surface area (Å²) >= 11 is 0. The molecule has 1 aliphatic rings. The zero-order valence-corrected chi connectivity index (χ0v) is 11.2. The number of carbonyl (C=O) groups is 3. The number of amides is 3. The van der Waals surface area contributed by atoms with Crippen LogP contribution in [-0.4, -0.2) is 40.1 Å². The van der Waals surface area contributed by atoms with Crippen molar-refractivity contribution in [3.05, 3.63) is 39.9 Å². The average Bonchev–Trinajstić information content (AvgIpc) is 2.45. The highest BCUT2D eigenvalue weighted by molar-refractivity contribution is 6.08. The van der Waals surface area contributed by atoms with Crippen LogP contribution in [0, 0.1) is 10.1 Å². The zero-order valence-electron chi connectivity index (χ0n) is 11.2. The summed E-state index contributed by atoms with van der Waals surface area (Å²) in [5.41, 5.74) is -0.487. The Morgan fingerprint density at radius 1 is 1.43 bits per heavy atom. The molecular formula is C13H13N3O5. The Morgan fingerprint density at radius 3 is 2.71 bits per heavy atom. The molecule has 1 heterocycles. The van der Waals surface area contributed by atoms with E-state index in [-0.39, 0.29) is 17.8 Å². The van der Waals surface area contributed by atoms with Crippen molar-refractivity contribution in [2.45, 2.75) is 19.4 Å². The quantitative estimate of drug-likeness (QED) is 0.494. The van der Waals surface area contributed by atoms with E-state index in [2.05, 4.69) is 5.32 Å². The largest absolute Gasteiger partial charge is 0.317 e. The average molecular weight is 291 g/mol. The number of piperazine rings is 1. The molecule has 0 bridgehead atoms. The van der Waals surface area contributed by atoms with Crippen molar-refractivity contribution >= 4 is 23.4 Å². The van der Waals surface area contributed by atoms with Gasteiger partial charge >= 0.3 is 0 Å². The fourth-order valence-electron chi connectivity index (χ4n) is 2.25. The lowest BCUT2D eigenvalue weighted by molar-refractivity contribution is -0.385. The number of carbonyl (C=O) groups excluding carboxylic acids is 3. The second kappa shape index (κ2) is 5.70. The number of imide groups is 1. The maximum atomic E-state index is 12.5. The lowest BCUT2D eigenvalue weighted by Gasteiger charge is -2.33. The summed E-state index contributed by atoms with van der Waals surface area (Å²) in [6.07, 6.45) is 0.311. The third-order valence-corrected chi connectivity index (χ3v) is 3.23. The van der Waals surface area contributed by atoms with Gasteiger partial charge in [0.15, 0.2) is 0 Å². The molecular weight excluding hydrogens is 278 g/mol. The van der Waals surface area contributed by atoms with Gasteiger partial charge in [-0.3, -0.25) is 29.8 Å². The number of para-hydroxylation sites is 1. The molecule has 1 atom stereocenters. The molecule has 8 nitrogen and oxygen atoms in total. The van der Waals surface area contributed by atoms with Gasteiger partial charge in [0.2, 0.25) is 11.8 Å². The molecule has 0 aliphatic carbocycles. The summed E-state index contributed by atoms with van der Waals surface area (Å²) in [6, 6.07) is 4.65. The standard InChI is InChI=1S/C13H13N3O5/c1-2-9-12(18)14-11(17)7-15(9)13(19)8-5-3-4-6-10(8)16(20)21/h3-6,9H,2,7H2,1H3,(H,14,17,18). The molecule has 1 aromatic carbocycles. The van der Waals surface area contributed by atoms with Crippen molar-refractivity contribution < 1.29 is 19.3 Å². The van der Waals surface area contributed by atoms with E-state index in [1.807, 2.05) is 0 Å². The maximum Gasteiger partial charge on any atom is 0.282 e. The first-order chi connectivity index (χ1) is 9.95. The molecule has 1 aliphatic heterocycles. The van der Waals surface area contributed by atoms with E-state index in [1.54, 1.807) is 6.92 Å². The van der Waals surface area contributed by atoms with Crippen LogP contribution in [0.15, 0.2) is 24.3 Å². The number of nitrogens with zero attached hydrogens (tertiary/aromatic N) is 2. The molecule has 0 aromatic heterocycles.